The Kier molecular flexibility index (Phi) is 4.50. The maximum Gasteiger partial charge on any atom is 0.213 e. The SMILES string of the molecule is CCCN(Cc1ncon1)C1CCC(N)CC1. The second-order valence-corrected chi connectivity index (χ2v) is 4.89. The molecular formula is C12H22N4O. The van der Waals surface area contributed by atoms with Gasteiger partial charge in [0.2, 0.25) is 6.39 Å². The standard InChI is InChI=1S/C12H22N4O/c1-2-7-16(8-12-14-9-17-15-12)11-5-3-10(13)4-6-11/h9-11H,2-8,13H2,1H3. The van der Waals surface area contributed by atoms with Crippen molar-refractivity contribution in [2.45, 2.75) is 57.7 Å². The van der Waals surface area contributed by atoms with Crippen molar-refractivity contribution in [1.82, 2.24) is 15.0 Å². The van der Waals surface area contributed by atoms with E-state index in [1.54, 1.807) is 0 Å². The van der Waals surface area contributed by atoms with E-state index in [9.17, 15) is 0 Å². The molecule has 1 fully saturated rings. The summed E-state index contributed by atoms with van der Waals surface area (Å²) in [6.45, 7) is 4.09. The van der Waals surface area contributed by atoms with Crippen LogP contribution in [-0.4, -0.2) is 33.7 Å². The Morgan fingerprint density at radius 2 is 2.18 bits per heavy atom. The molecule has 5 heteroatoms. The molecule has 0 aliphatic heterocycles. The zero-order valence-corrected chi connectivity index (χ0v) is 10.5. The summed E-state index contributed by atoms with van der Waals surface area (Å²) in [7, 11) is 0. The van der Waals surface area contributed by atoms with Crippen molar-refractivity contribution < 1.29 is 4.52 Å². The first-order chi connectivity index (χ1) is 8.29. The largest absolute Gasteiger partial charge is 0.343 e. The molecule has 1 aromatic heterocycles. The van der Waals surface area contributed by atoms with Gasteiger partial charge in [-0.05, 0) is 38.6 Å². The van der Waals surface area contributed by atoms with E-state index in [0.29, 0.717) is 12.1 Å². The van der Waals surface area contributed by atoms with Crippen LogP contribution < -0.4 is 5.73 Å². The second kappa shape index (κ2) is 6.12. The predicted octanol–water partition coefficient (Wildman–Crippen LogP) is 1.55. The first kappa shape index (κ1) is 12.5. The molecule has 2 N–H and O–H groups in total. The lowest BCUT2D eigenvalue weighted by Gasteiger charge is -2.35. The average Bonchev–Trinajstić information content (AvgIpc) is 2.82. The van der Waals surface area contributed by atoms with Crippen LogP contribution in [0.25, 0.3) is 0 Å². The molecule has 1 aliphatic carbocycles. The summed E-state index contributed by atoms with van der Waals surface area (Å²) < 4.78 is 4.79. The van der Waals surface area contributed by atoms with Gasteiger partial charge in [0, 0.05) is 12.1 Å². The van der Waals surface area contributed by atoms with Gasteiger partial charge in [-0.25, -0.2) is 0 Å². The fourth-order valence-electron chi connectivity index (χ4n) is 2.59. The lowest BCUT2D eigenvalue weighted by Crippen LogP contribution is -2.41. The van der Waals surface area contributed by atoms with Gasteiger partial charge in [-0.2, -0.15) is 4.98 Å². The van der Waals surface area contributed by atoms with Gasteiger partial charge >= 0.3 is 0 Å². The quantitative estimate of drug-likeness (QED) is 0.843. The lowest BCUT2D eigenvalue weighted by atomic mass is 9.90. The maximum absolute atomic E-state index is 5.95. The molecule has 1 aliphatic rings. The fraction of sp³-hybridized carbons (Fsp3) is 0.833. The van der Waals surface area contributed by atoms with Crippen molar-refractivity contribution in [3.05, 3.63) is 12.2 Å². The molecule has 0 amide bonds. The summed E-state index contributed by atoms with van der Waals surface area (Å²) in [6, 6.07) is 1.04. The van der Waals surface area contributed by atoms with Gasteiger partial charge in [-0.15, -0.1) is 0 Å². The Balaban J connectivity index is 1.92. The highest BCUT2D eigenvalue weighted by atomic mass is 16.5. The van der Waals surface area contributed by atoms with Gasteiger partial charge in [0.1, 0.15) is 0 Å². The number of nitrogens with zero attached hydrogens (tertiary/aromatic N) is 3. The van der Waals surface area contributed by atoms with Crippen LogP contribution >= 0.6 is 0 Å². The highest BCUT2D eigenvalue weighted by Gasteiger charge is 2.24. The minimum Gasteiger partial charge on any atom is -0.343 e. The van der Waals surface area contributed by atoms with Gasteiger partial charge in [-0.3, -0.25) is 4.90 Å². The van der Waals surface area contributed by atoms with Gasteiger partial charge in [0.15, 0.2) is 5.82 Å². The number of aromatic nitrogens is 2. The van der Waals surface area contributed by atoms with Crippen LogP contribution in [0, 0.1) is 0 Å². The number of hydrogen-bond acceptors (Lipinski definition) is 5. The van der Waals surface area contributed by atoms with Crippen LogP contribution in [0.1, 0.15) is 44.9 Å². The van der Waals surface area contributed by atoms with E-state index in [1.165, 1.54) is 19.2 Å². The summed E-state index contributed by atoms with van der Waals surface area (Å²) in [6.07, 6.45) is 7.21. The highest BCUT2D eigenvalue weighted by molar-refractivity contribution is 4.85. The molecule has 0 aromatic carbocycles. The van der Waals surface area contributed by atoms with Gasteiger partial charge in [0.05, 0.1) is 6.54 Å². The minimum absolute atomic E-state index is 0.403. The molecule has 5 nitrogen and oxygen atoms in total. The van der Waals surface area contributed by atoms with E-state index in [1.807, 2.05) is 0 Å². The van der Waals surface area contributed by atoms with Crippen molar-refractivity contribution in [2.75, 3.05) is 6.54 Å². The Hall–Kier alpha value is -0.940. The molecule has 0 spiro atoms. The summed E-state index contributed by atoms with van der Waals surface area (Å²) in [4.78, 5) is 6.57. The molecule has 96 valence electrons. The van der Waals surface area contributed by atoms with Crippen LogP contribution in [0.3, 0.4) is 0 Å². The topological polar surface area (TPSA) is 68.2 Å². The van der Waals surface area contributed by atoms with Gasteiger partial charge in [-0.1, -0.05) is 12.1 Å². The van der Waals surface area contributed by atoms with E-state index in [2.05, 4.69) is 22.0 Å². The molecule has 0 atom stereocenters. The monoisotopic (exact) mass is 238 g/mol. The molecule has 0 bridgehead atoms. The molecule has 0 unspecified atom stereocenters. The van der Waals surface area contributed by atoms with Crippen molar-refractivity contribution in [3.63, 3.8) is 0 Å². The molecule has 17 heavy (non-hydrogen) atoms. The number of nitrogens with two attached hydrogens (primary N) is 1. The van der Waals surface area contributed by atoms with Crippen LogP contribution in [0.2, 0.25) is 0 Å². The molecule has 1 aromatic rings. The van der Waals surface area contributed by atoms with Gasteiger partial charge < -0.3 is 10.3 Å². The summed E-state index contributed by atoms with van der Waals surface area (Å²) in [5.41, 5.74) is 5.95. The third kappa shape index (κ3) is 3.51. The van der Waals surface area contributed by atoms with Crippen LogP contribution in [0.15, 0.2) is 10.9 Å². The van der Waals surface area contributed by atoms with Crippen LogP contribution in [0.4, 0.5) is 0 Å². The van der Waals surface area contributed by atoms with E-state index in [4.69, 9.17) is 10.3 Å². The van der Waals surface area contributed by atoms with E-state index in [0.717, 1.165) is 38.2 Å². The fourth-order valence-corrected chi connectivity index (χ4v) is 2.59. The Bertz CT molecular complexity index is 306. The van der Waals surface area contributed by atoms with Crippen molar-refractivity contribution in [2.24, 2.45) is 5.73 Å². The molecule has 0 saturated heterocycles. The first-order valence-corrected chi connectivity index (χ1v) is 6.54. The molecule has 0 radical (unpaired) electrons. The normalized spacial score (nSPS) is 25.4. The van der Waals surface area contributed by atoms with Gasteiger partial charge in [0.25, 0.3) is 0 Å². The summed E-state index contributed by atoms with van der Waals surface area (Å²) in [5, 5.41) is 3.90. The molecule has 1 heterocycles. The maximum atomic E-state index is 5.95. The van der Waals surface area contributed by atoms with E-state index >= 15 is 0 Å². The zero-order valence-electron chi connectivity index (χ0n) is 10.5. The average molecular weight is 238 g/mol. The summed E-state index contributed by atoms with van der Waals surface area (Å²) in [5.74, 6) is 0.785. The van der Waals surface area contributed by atoms with Crippen LogP contribution in [0.5, 0.6) is 0 Å². The van der Waals surface area contributed by atoms with E-state index in [-0.39, 0.29) is 0 Å². The highest BCUT2D eigenvalue weighted by Crippen LogP contribution is 2.23. The third-order valence-corrected chi connectivity index (χ3v) is 3.52. The van der Waals surface area contributed by atoms with Crippen molar-refractivity contribution in [3.8, 4) is 0 Å². The first-order valence-electron chi connectivity index (χ1n) is 6.54. The van der Waals surface area contributed by atoms with Crippen molar-refractivity contribution >= 4 is 0 Å². The molecular weight excluding hydrogens is 216 g/mol. The van der Waals surface area contributed by atoms with Crippen molar-refractivity contribution in [1.29, 1.82) is 0 Å². The van der Waals surface area contributed by atoms with Crippen LogP contribution in [-0.2, 0) is 6.54 Å². The Morgan fingerprint density at radius 3 is 2.76 bits per heavy atom. The zero-order chi connectivity index (χ0) is 12.1. The number of hydrogen-bond donors (Lipinski definition) is 1. The second-order valence-electron chi connectivity index (χ2n) is 4.89. The lowest BCUT2D eigenvalue weighted by molar-refractivity contribution is 0.137. The summed E-state index contributed by atoms with van der Waals surface area (Å²) >= 11 is 0. The molecule has 1 saturated carbocycles. The Labute approximate surface area is 102 Å². The number of rotatable bonds is 5. The Morgan fingerprint density at radius 1 is 1.41 bits per heavy atom. The third-order valence-electron chi connectivity index (χ3n) is 3.52. The van der Waals surface area contributed by atoms with E-state index < -0.39 is 0 Å². The smallest absolute Gasteiger partial charge is 0.213 e. The molecule has 2 rings (SSSR count). The predicted molar refractivity (Wildman–Crippen MR) is 65.2 cm³/mol. The minimum atomic E-state index is 0.403.